The minimum atomic E-state index is -0.255. The molecule has 3 fully saturated rings. The summed E-state index contributed by atoms with van der Waals surface area (Å²) < 4.78 is 7.30. The Morgan fingerprint density at radius 2 is 2.03 bits per heavy atom. The fourth-order valence-corrected chi connectivity index (χ4v) is 5.07. The third-order valence-electron chi connectivity index (χ3n) is 6.90. The molecule has 0 bridgehead atoms. The van der Waals surface area contributed by atoms with Crippen molar-refractivity contribution in [2.75, 3.05) is 44.3 Å². The number of aromatic nitrogens is 5. The van der Waals surface area contributed by atoms with Crippen LogP contribution in [0.15, 0.2) is 24.5 Å². The van der Waals surface area contributed by atoms with Gasteiger partial charge in [-0.2, -0.15) is 5.10 Å². The molecular formula is C22H26ClN7O2. The van der Waals surface area contributed by atoms with Crippen molar-refractivity contribution in [1.29, 1.82) is 0 Å². The number of nitrogens with zero attached hydrogens (tertiary/aromatic N) is 6. The average molecular weight is 456 g/mol. The normalized spacial score (nSPS) is 23.0. The second-order valence-electron chi connectivity index (χ2n) is 8.98. The summed E-state index contributed by atoms with van der Waals surface area (Å²) in [6.07, 6.45) is 7.35. The highest BCUT2D eigenvalue weighted by atomic mass is 35.5. The number of aromatic amines is 1. The van der Waals surface area contributed by atoms with Gasteiger partial charge in [0.15, 0.2) is 5.65 Å². The lowest BCUT2D eigenvalue weighted by Crippen LogP contribution is -2.48. The van der Waals surface area contributed by atoms with Gasteiger partial charge in [0, 0.05) is 32.4 Å². The number of ether oxygens (including phenoxy) is 1. The van der Waals surface area contributed by atoms with Gasteiger partial charge in [-0.25, -0.2) is 9.97 Å². The molecule has 6 rings (SSSR count). The smallest absolute Gasteiger partial charge is 0.227 e. The van der Waals surface area contributed by atoms with Crippen molar-refractivity contribution in [3.63, 3.8) is 0 Å². The molecule has 0 aromatic carbocycles. The molecule has 3 aromatic heterocycles. The molecule has 9 nitrogen and oxygen atoms in total. The van der Waals surface area contributed by atoms with Crippen LogP contribution in [0.5, 0.6) is 0 Å². The van der Waals surface area contributed by atoms with E-state index >= 15 is 0 Å². The van der Waals surface area contributed by atoms with Crippen LogP contribution in [0.2, 0.25) is 5.02 Å². The number of anilines is 1. The average Bonchev–Trinajstić information content (AvgIpc) is 3.34. The fourth-order valence-electron chi connectivity index (χ4n) is 4.94. The second kappa shape index (κ2) is 7.74. The third kappa shape index (κ3) is 3.44. The summed E-state index contributed by atoms with van der Waals surface area (Å²) in [5.41, 5.74) is 1.35. The topological polar surface area (TPSA) is 92.2 Å². The maximum absolute atomic E-state index is 13.0. The largest absolute Gasteiger partial charge is 0.378 e. The van der Waals surface area contributed by atoms with Gasteiger partial charge in [0.05, 0.1) is 35.9 Å². The highest BCUT2D eigenvalue weighted by Gasteiger charge is 2.50. The summed E-state index contributed by atoms with van der Waals surface area (Å²) in [5.74, 6) is 2.00. The number of pyridine rings is 1. The zero-order valence-electron chi connectivity index (χ0n) is 17.8. The lowest BCUT2D eigenvalue weighted by Gasteiger charge is -2.36. The second-order valence-corrected chi connectivity index (χ2v) is 9.42. The maximum atomic E-state index is 13.0. The number of amides is 1. The van der Waals surface area contributed by atoms with E-state index in [9.17, 15) is 4.79 Å². The van der Waals surface area contributed by atoms with E-state index in [0.717, 1.165) is 49.4 Å². The Labute approximate surface area is 190 Å². The number of piperidine rings is 1. The van der Waals surface area contributed by atoms with Gasteiger partial charge in [-0.15, -0.1) is 0 Å². The first-order valence-electron chi connectivity index (χ1n) is 11.3. The first kappa shape index (κ1) is 20.0. The predicted octanol–water partition coefficient (Wildman–Crippen LogP) is 2.42. The van der Waals surface area contributed by atoms with Crippen LogP contribution in [0.4, 0.5) is 5.82 Å². The van der Waals surface area contributed by atoms with Gasteiger partial charge in [-0.3, -0.25) is 9.48 Å². The number of imidazole rings is 1. The van der Waals surface area contributed by atoms with Crippen molar-refractivity contribution in [2.24, 2.45) is 5.92 Å². The van der Waals surface area contributed by atoms with Gasteiger partial charge in [0.1, 0.15) is 17.2 Å². The van der Waals surface area contributed by atoms with Crippen LogP contribution in [0.25, 0.3) is 11.2 Å². The van der Waals surface area contributed by atoms with E-state index in [4.69, 9.17) is 26.3 Å². The molecule has 1 N–H and O–H groups in total. The van der Waals surface area contributed by atoms with Crippen LogP contribution < -0.4 is 4.90 Å². The number of morpholine rings is 1. The van der Waals surface area contributed by atoms with Crippen LogP contribution in [0.1, 0.15) is 31.5 Å². The molecule has 2 saturated heterocycles. The number of hydrogen-bond acceptors (Lipinski definition) is 6. The number of carbonyl (C=O) groups is 1. The Hall–Kier alpha value is -2.65. The van der Waals surface area contributed by atoms with E-state index < -0.39 is 0 Å². The van der Waals surface area contributed by atoms with Gasteiger partial charge in [0.2, 0.25) is 5.91 Å². The molecule has 3 aliphatic rings. The quantitative estimate of drug-likeness (QED) is 0.649. The number of rotatable bonds is 4. The fraction of sp³-hybridized carbons (Fsp3) is 0.545. The molecule has 0 spiro atoms. The van der Waals surface area contributed by atoms with E-state index in [0.29, 0.717) is 43.5 Å². The lowest BCUT2D eigenvalue weighted by molar-refractivity contribution is -0.139. The minimum Gasteiger partial charge on any atom is -0.378 e. The predicted molar refractivity (Wildman–Crippen MR) is 120 cm³/mol. The van der Waals surface area contributed by atoms with E-state index in [1.54, 1.807) is 6.20 Å². The van der Waals surface area contributed by atoms with Crippen molar-refractivity contribution in [2.45, 2.75) is 31.2 Å². The van der Waals surface area contributed by atoms with Gasteiger partial charge in [-0.05, 0) is 37.8 Å². The summed E-state index contributed by atoms with van der Waals surface area (Å²) in [7, 11) is 0. The summed E-state index contributed by atoms with van der Waals surface area (Å²) in [6, 6.07) is 4.06. The molecule has 5 heterocycles. The molecule has 2 aliphatic heterocycles. The van der Waals surface area contributed by atoms with Crippen LogP contribution in [0.3, 0.4) is 0 Å². The monoisotopic (exact) mass is 455 g/mol. The Morgan fingerprint density at radius 1 is 1.19 bits per heavy atom. The van der Waals surface area contributed by atoms with Crippen LogP contribution in [0, 0.1) is 5.92 Å². The van der Waals surface area contributed by atoms with Crippen LogP contribution in [-0.2, 0) is 15.1 Å². The summed E-state index contributed by atoms with van der Waals surface area (Å²) in [5, 5.41) is 5.03. The Kier molecular flexibility index (Phi) is 4.83. The van der Waals surface area contributed by atoms with E-state index in [-0.39, 0.29) is 17.4 Å². The molecular weight excluding hydrogens is 430 g/mol. The van der Waals surface area contributed by atoms with Crippen molar-refractivity contribution in [3.8, 4) is 0 Å². The first-order chi connectivity index (χ1) is 15.6. The van der Waals surface area contributed by atoms with Gasteiger partial charge >= 0.3 is 0 Å². The van der Waals surface area contributed by atoms with Crippen LogP contribution in [-0.4, -0.2) is 74.9 Å². The number of hydrogen-bond donors (Lipinski definition) is 1. The molecule has 1 amide bonds. The van der Waals surface area contributed by atoms with Crippen molar-refractivity contribution >= 4 is 34.5 Å². The summed E-state index contributed by atoms with van der Waals surface area (Å²) >= 11 is 6.09. The van der Waals surface area contributed by atoms with E-state index in [1.807, 2.05) is 27.9 Å². The molecule has 1 atom stereocenters. The molecule has 0 unspecified atom stereocenters. The molecule has 10 heteroatoms. The summed E-state index contributed by atoms with van der Waals surface area (Å²) in [4.78, 5) is 30.3. The molecule has 1 aliphatic carbocycles. The lowest BCUT2D eigenvalue weighted by atomic mass is 9.96. The number of halogens is 1. The maximum Gasteiger partial charge on any atom is 0.227 e. The highest BCUT2D eigenvalue weighted by Crippen LogP contribution is 2.48. The van der Waals surface area contributed by atoms with E-state index in [1.165, 1.54) is 0 Å². The Balaban J connectivity index is 1.22. The number of fused-ring (bicyclic) bond motifs is 1. The van der Waals surface area contributed by atoms with Gasteiger partial charge in [0.25, 0.3) is 0 Å². The van der Waals surface area contributed by atoms with E-state index in [2.05, 4.69) is 15.0 Å². The SMILES string of the molecule is O=C([C@@H]1CCCN(c2ccc3[nH]c(C4(n5cc(Cl)cn5)CC4)nc3n2)C1)N1CCOCC1. The van der Waals surface area contributed by atoms with Gasteiger partial charge in [-0.1, -0.05) is 11.6 Å². The van der Waals surface area contributed by atoms with Gasteiger partial charge < -0.3 is 19.5 Å². The minimum absolute atomic E-state index is 0.00777. The van der Waals surface area contributed by atoms with Crippen LogP contribution >= 0.6 is 11.6 Å². The standard InChI is InChI=1S/C22H26ClN7O2/c23-16-12-24-30(14-16)22(5-6-22)21-25-17-3-4-18(26-19(17)27-21)29-7-1-2-15(13-29)20(31)28-8-10-32-11-9-28/h3-4,12,14-15H,1-2,5-11,13H2,(H,25,26,27)/t15-/m1/s1. The number of nitrogens with one attached hydrogen (secondary N) is 1. The zero-order valence-corrected chi connectivity index (χ0v) is 18.6. The van der Waals surface area contributed by atoms with Crippen molar-refractivity contribution in [1.82, 2.24) is 29.6 Å². The molecule has 0 radical (unpaired) electrons. The molecule has 3 aromatic rings. The highest BCUT2D eigenvalue weighted by molar-refractivity contribution is 6.30. The van der Waals surface area contributed by atoms with Crippen molar-refractivity contribution < 1.29 is 9.53 Å². The third-order valence-corrected chi connectivity index (χ3v) is 7.10. The molecule has 168 valence electrons. The Bertz CT molecular complexity index is 1150. The molecule has 1 saturated carbocycles. The number of carbonyl (C=O) groups excluding carboxylic acids is 1. The molecule has 32 heavy (non-hydrogen) atoms. The summed E-state index contributed by atoms with van der Waals surface area (Å²) in [6.45, 7) is 4.25. The Morgan fingerprint density at radius 3 is 2.78 bits per heavy atom. The van der Waals surface area contributed by atoms with Crippen molar-refractivity contribution in [3.05, 3.63) is 35.4 Å². The zero-order chi connectivity index (χ0) is 21.7. The first-order valence-corrected chi connectivity index (χ1v) is 11.7. The number of H-pyrrole nitrogens is 1.